The van der Waals surface area contributed by atoms with Gasteiger partial charge in [0, 0.05) is 18.3 Å². The summed E-state index contributed by atoms with van der Waals surface area (Å²) in [4.78, 5) is 21.6. The van der Waals surface area contributed by atoms with Gasteiger partial charge < -0.3 is 15.2 Å². The van der Waals surface area contributed by atoms with E-state index >= 15 is 0 Å². The number of ether oxygens (including phenoxy) is 1. The molecular weight excluding hydrogens is 489 g/mol. The largest absolute Gasteiger partial charge is 0.497 e. The number of carboxylic acids is 1. The monoisotopic (exact) mass is 516 g/mol. The highest BCUT2D eigenvalue weighted by atomic mass is 32.2. The van der Waals surface area contributed by atoms with Crippen molar-refractivity contribution in [1.29, 1.82) is 0 Å². The molecule has 192 valence electrons. The first-order valence-electron chi connectivity index (χ1n) is 10.7. The molecule has 0 heterocycles. The first-order chi connectivity index (χ1) is 16.4. The molecule has 0 bridgehead atoms. The van der Waals surface area contributed by atoms with Gasteiger partial charge in [-0.2, -0.15) is 13.2 Å². The molecule has 2 aromatic rings. The highest BCUT2D eigenvalue weighted by Gasteiger charge is 2.51. The Morgan fingerprint density at radius 2 is 1.71 bits per heavy atom. The maximum atomic E-state index is 12.6. The van der Waals surface area contributed by atoms with Gasteiger partial charge in [-0.15, -0.1) is 0 Å². The van der Waals surface area contributed by atoms with Gasteiger partial charge in [-0.1, -0.05) is 31.5 Å². The number of carboxylic acid groups (broad SMARTS) is 1. The Morgan fingerprint density at radius 1 is 1.11 bits per heavy atom. The van der Waals surface area contributed by atoms with Crippen molar-refractivity contribution >= 4 is 27.6 Å². The van der Waals surface area contributed by atoms with Crippen molar-refractivity contribution in [2.75, 3.05) is 18.4 Å². The van der Waals surface area contributed by atoms with E-state index in [9.17, 15) is 26.4 Å². The molecule has 1 fully saturated rings. The summed E-state index contributed by atoms with van der Waals surface area (Å²) in [6.45, 7) is 2.78. The molecule has 0 unspecified atom stereocenters. The highest BCUT2D eigenvalue weighted by molar-refractivity contribution is 7.92. The third-order valence-electron chi connectivity index (χ3n) is 5.28. The first-order valence-corrected chi connectivity index (χ1v) is 12.2. The van der Waals surface area contributed by atoms with E-state index in [-0.39, 0.29) is 10.8 Å². The zero-order valence-corrected chi connectivity index (χ0v) is 20.0. The minimum absolute atomic E-state index is 0.0608. The van der Waals surface area contributed by atoms with Crippen LogP contribution in [0.25, 0.3) is 0 Å². The molecule has 3 N–H and O–H groups in total. The Morgan fingerprint density at radius 3 is 2.20 bits per heavy atom. The van der Waals surface area contributed by atoms with E-state index in [1.165, 1.54) is 19.2 Å². The molecular formula is C23H27F3N2O6S. The number of rotatable bonds is 9. The SMILES string of the molecule is CCCCNC(=O)C1(c2ccc(NS(=O)(=O)c3cccc(OC)c3)cc2)CC1.O=C(O)C(F)(F)F. The van der Waals surface area contributed by atoms with Crippen LogP contribution >= 0.6 is 0 Å². The molecule has 0 spiro atoms. The van der Waals surface area contributed by atoms with Crippen LogP contribution in [0.3, 0.4) is 0 Å². The second-order valence-electron chi connectivity index (χ2n) is 7.86. The van der Waals surface area contributed by atoms with Gasteiger partial charge in [0.2, 0.25) is 5.91 Å². The number of anilines is 1. The number of hydrogen-bond acceptors (Lipinski definition) is 5. The number of methoxy groups -OCH3 is 1. The molecule has 0 radical (unpaired) electrons. The summed E-state index contributed by atoms with van der Waals surface area (Å²) in [6, 6.07) is 13.4. The molecule has 1 saturated carbocycles. The molecule has 12 heteroatoms. The third-order valence-corrected chi connectivity index (χ3v) is 6.66. The number of aliphatic carboxylic acids is 1. The average molecular weight is 517 g/mol. The summed E-state index contributed by atoms with van der Waals surface area (Å²) >= 11 is 0. The summed E-state index contributed by atoms with van der Waals surface area (Å²) in [5, 5.41) is 10.1. The van der Waals surface area contributed by atoms with E-state index in [4.69, 9.17) is 14.6 Å². The molecule has 0 aliphatic heterocycles. The molecule has 8 nitrogen and oxygen atoms in total. The number of carbonyl (C=O) groups is 2. The number of alkyl halides is 3. The average Bonchev–Trinajstić information content (AvgIpc) is 3.61. The number of benzene rings is 2. The van der Waals surface area contributed by atoms with Gasteiger partial charge >= 0.3 is 12.1 Å². The van der Waals surface area contributed by atoms with E-state index in [1.54, 1.807) is 24.3 Å². The summed E-state index contributed by atoms with van der Waals surface area (Å²) < 4.78 is 64.6. The molecule has 1 aliphatic rings. The minimum atomic E-state index is -5.08. The highest BCUT2D eigenvalue weighted by Crippen LogP contribution is 2.48. The fourth-order valence-electron chi connectivity index (χ4n) is 3.16. The van der Waals surface area contributed by atoms with Crippen LogP contribution in [0.5, 0.6) is 5.75 Å². The fourth-order valence-corrected chi connectivity index (χ4v) is 4.25. The van der Waals surface area contributed by atoms with Crippen molar-refractivity contribution in [2.45, 2.75) is 49.1 Å². The maximum absolute atomic E-state index is 12.6. The van der Waals surface area contributed by atoms with Crippen LogP contribution in [0, 0.1) is 0 Å². The van der Waals surface area contributed by atoms with Crippen molar-refractivity contribution < 1.29 is 41.0 Å². The number of nitrogens with one attached hydrogen (secondary N) is 2. The van der Waals surface area contributed by atoms with Gasteiger partial charge in [0.1, 0.15) is 5.75 Å². The predicted molar refractivity (Wildman–Crippen MR) is 123 cm³/mol. The van der Waals surface area contributed by atoms with E-state index in [0.29, 0.717) is 18.0 Å². The number of hydrogen-bond donors (Lipinski definition) is 3. The Kier molecular flexibility index (Phi) is 9.13. The van der Waals surface area contributed by atoms with E-state index < -0.39 is 27.6 Å². The molecule has 1 aliphatic carbocycles. The van der Waals surface area contributed by atoms with E-state index in [2.05, 4.69) is 17.0 Å². The van der Waals surface area contributed by atoms with Crippen LogP contribution in [0.15, 0.2) is 53.4 Å². The van der Waals surface area contributed by atoms with Gasteiger partial charge in [-0.05, 0) is 49.1 Å². The summed E-state index contributed by atoms with van der Waals surface area (Å²) in [7, 11) is -2.23. The zero-order chi connectivity index (χ0) is 26.3. The second-order valence-corrected chi connectivity index (χ2v) is 9.54. The lowest BCUT2D eigenvalue weighted by Crippen LogP contribution is -2.35. The van der Waals surface area contributed by atoms with Gasteiger partial charge in [0.05, 0.1) is 17.4 Å². The van der Waals surface area contributed by atoms with Crippen molar-refractivity contribution in [2.24, 2.45) is 0 Å². The fraction of sp³-hybridized carbons (Fsp3) is 0.391. The number of sulfonamides is 1. The van der Waals surface area contributed by atoms with Gasteiger partial charge in [0.15, 0.2) is 0 Å². The second kappa shape index (κ2) is 11.4. The summed E-state index contributed by atoms with van der Waals surface area (Å²) in [5.41, 5.74) is 0.914. The Balaban J connectivity index is 0.000000540. The van der Waals surface area contributed by atoms with Gasteiger partial charge in [0.25, 0.3) is 10.0 Å². The van der Waals surface area contributed by atoms with Gasteiger partial charge in [-0.25, -0.2) is 13.2 Å². The van der Waals surface area contributed by atoms with Crippen LogP contribution in [0.4, 0.5) is 18.9 Å². The van der Waals surface area contributed by atoms with Crippen LogP contribution < -0.4 is 14.8 Å². The van der Waals surface area contributed by atoms with Crippen LogP contribution in [0.2, 0.25) is 0 Å². The first kappa shape index (κ1) is 28.0. The van der Waals surface area contributed by atoms with Crippen LogP contribution in [-0.4, -0.2) is 45.2 Å². The molecule has 0 aromatic heterocycles. The smallest absolute Gasteiger partial charge is 0.490 e. The Hall–Kier alpha value is -3.28. The number of halogens is 3. The van der Waals surface area contributed by atoms with Crippen LogP contribution in [-0.2, 0) is 25.0 Å². The lowest BCUT2D eigenvalue weighted by Gasteiger charge is -2.16. The number of carbonyl (C=O) groups excluding carboxylic acids is 1. The number of amides is 1. The minimum Gasteiger partial charge on any atom is -0.497 e. The van der Waals surface area contributed by atoms with Crippen LogP contribution in [0.1, 0.15) is 38.2 Å². The summed E-state index contributed by atoms with van der Waals surface area (Å²) in [6.07, 6.45) is -1.44. The van der Waals surface area contributed by atoms with E-state index in [1.807, 2.05) is 12.1 Å². The van der Waals surface area contributed by atoms with Crippen molar-refractivity contribution in [1.82, 2.24) is 5.32 Å². The standard InChI is InChI=1S/C21H26N2O4S.C2HF3O2/c1-3-4-14-22-20(24)21(12-13-21)16-8-10-17(11-9-16)23-28(25,26)19-7-5-6-18(15-19)27-2;3-2(4,5)1(6)7/h5-11,15,23H,3-4,12-14H2,1-2H3,(H,22,24);(H,6,7). The molecule has 2 aromatic carbocycles. The zero-order valence-electron chi connectivity index (χ0n) is 19.2. The predicted octanol–water partition coefficient (Wildman–Crippen LogP) is 4.08. The lowest BCUT2D eigenvalue weighted by atomic mass is 9.94. The molecule has 1 amide bonds. The van der Waals surface area contributed by atoms with E-state index in [0.717, 1.165) is 31.2 Å². The van der Waals surface area contributed by atoms with Crippen molar-refractivity contribution in [3.63, 3.8) is 0 Å². The molecule has 0 atom stereocenters. The van der Waals surface area contributed by atoms with Crippen molar-refractivity contribution in [3.8, 4) is 5.75 Å². The Labute approximate surface area is 201 Å². The van der Waals surface area contributed by atoms with Gasteiger partial charge in [-0.3, -0.25) is 9.52 Å². The lowest BCUT2D eigenvalue weighted by molar-refractivity contribution is -0.192. The normalized spacial score (nSPS) is 14.2. The van der Waals surface area contributed by atoms with Crippen molar-refractivity contribution in [3.05, 3.63) is 54.1 Å². The molecule has 3 rings (SSSR count). The number of unbranched alkanes of at least 4 members (excludes halogenated alkanes) is 1. The summed E-state index contributed by atoms with van der Waals surface area (Å²) in [5.74, 6) is -2.22. The molecule has 0 saturated heterocycles. The quantitative estimate of drug-likeness (QED) is 0.432. The Bertz CT molecular complexity index is 1130. The topological polar surface area (TPSA) is 122 Å². The molecule has 35 heavy (non-hydrogen) atoms. The maximum Gasteiger partial charge on any atom is 0.490 e. The third kappa shape index (κ3) is 7.61.